The Labute approximate surface area is 163 Å². The Balaban J connectivity index is 1.11. The zero-order valence-corrected chi connectivity index (χ0v) is 15.7. The predicted octanol–water partition coefficient (Wildman–Crippen LogP) is 2.81. The highest BCUT2D eigenvalue weighted by atomic mass is 16.7. The second-order valence-corrected chi connectivity index (χ2v) is 7.67. The lowest BCUT2D eigenvalue weighted by molar-refractivity contribution is -0.117. The molecular formula is C21H24N4O3. The van der Waals surface area contributed by atoms with E-state index in [4.69, 9.17) is 9.47 Å². The third-order valence-electron chi connectivity index (χ3n) is 5.59. The molecule has 7 nitrogen and oxygen atoms in total. The number of carbonyl (C=O) groups is 1. The molecule has 0 bridgehead atoms. The summed E-state index contributed by atoms with van der Waals surface area (Å²) in [6.07, 6.45) is 7.78. The lowest BCUT2D eigenvalue weighted by Gasteiger charge is -2.32. The maximum absolute atomic E-state index is 12.3. The minimum Gasteiger partial charge on any atom is -0.454 e. The number of aromatic amines is 1. The number of ether oxygens (including phenoxy) is 2. The van der Waals surface area contributed by atoms with Crippen molar-refractivity contribution in [3.05, 3.63) is 41.6 Å². The highest BCUT2D eigenvalue weighted by Crippen LogP contribution is 2.40. The molecule has 1 aliphatic carbocycles. The van der Waals surface area contributed by atoms with Gasteiger partial charge in [-0.1, -0.05) is 6.07 Å². The smallest absolute Gasteiger partial charge is 0.244 e. The molecule has 0 atom stereocenters. The Morgan fingerprint density at radius 2 is 1.96 bits per heavy atom. The van der Waals surface area contributed by atoms with Crippen molar-refractivity contribution in [3.63, 3.8) is 0 Å². The first-order chi connectivity index (χ1) is 13.7. The molecule has 1 aromatic carbocycles. The Bertz CT molecular complexity index is 895. The van der Waals surface area contributed by atoms with Crippen LogP contribution in [-0.2, 0) is 4.79 Å². The van der Waals surface area contributed by atoms with Crippen molar-refractivity contribution < 1.29 is 14.3 Å². The maximum atomic E-state index is 12.3. The van der Waals surface area contributed by atoms with E-state index in [1.807, 2.05) is 18.2 Å². The molecule has 2 aliphatic heterocycles. The summed E-state index contributed by atoms with van der Waals surface area (Å²) in [6, 6.07) is 8.04. The molecule has 0 radical (unpaired) electrons. The lowest BCUT2D eigenvalue weighted by atomic mass is 10.0. The summed E-state index contributed by atoms with van der Waals surface area (Å²) < 4.78 is 10.7. The van der Waals surface area contributed by atoms with Crippen LogP contribution in [0.3, 0.4) is 0 Å². The molecule has 146 valence electrons. The lowest BCUT2D eigenvalue weighted by Crippen LogP contribution is -2.44. The second-order valence-electron chi connectivity index (χ2n) is 7.67. The second kappa shape index (κ2) is 7.22. The highest BCUT2D eigenvalue weighted by Gasteiger charge is 2.27. The number of aromatic nitrogens is 2. The molecule has 2 N–H and O–H groups in total. The van der Waals surface area contributed by atoms with Crippen LogP contribution in [0.5, 0.6) is 11.5 Å². The molecule has 2 fully saturated rings. The average molecular weight is 380 g/mol. The van der Waals surface area contributed by atoms with E-state index in [1.54, 1.807) is 12.2 Å². The number of H-pyrrole nitrogens is 1. The van der Waals surface area contributed by atoms with Gasteiger partial charge in [0, 0.05) is 42.9 Å². The van der Waals surface area contributed by atoms with E-state index in [9.17, 15) is 4.79 Å². The number of rotatable bonds is 5. The first kappa shape index (κ1) is 17.2. The Morgan fingerprint density at radius 3 is 2.79 bits per heavy atom. The molecule has 1 amide bonds. The van der Waals surface area contributed by atoms with E-state index in [-0.39, 0.29) is 18.7 Å². The fourth-order valence-corrected chi connectivity index (χ4v) is 3.78. The summed E-state index contributed by atoms with van der Waals surface area (Å²) in [5.74, 6) is 3.13. The summed E-state index contributed by atoms with van der Waals surface area (Å²) >= 11 is 0. The van der Waals surface area contributed by atoms with Crippen molar-refractivity contribution in [1.29, 1.82) is 0 Å². The first-order valence-corrected chi connectivity index (χ1v) is 9.93. The summed E-state index contributed by atoms with van der Waals surface area (Å²) in [6.45, 7) is 2.07. The molecule has 0 spiro atoms. The van der Waals surface area contributed by atoms with Gasteiger partial charge in [-0.15, -0.1) is 0 Å². The number of anilines is 1. The average Bonchev–Trinajstić information content (AvgIpc) is 3.26. The van der Waals surface area contributed by atoms with Crippen molar-refractivity contribution >= 4 is 17.8 Å². The topological polar surface area (TPSA) is 79.5 Å². The van der Waals surface area contributed by atoms with E-state index in [0.29, 0.717) is 5.92 Å². The van der Waals surface area contributed by atoms with Crippen LogP contribution in [0.4, 0.5) is 5.82 Å². The van der Waals surface area contributed by atoms with Crippen LogP contribution >= 0.6 is 0 Å². The number of piperidine rings is 1. The normalized spacial score (nSPS) is 19.4. The van der Waals surface area contributed by atoms with Crippen LogP contribution in [0.2, 0.25) is 0 Å². The molecule has 7 heteroatoms. The van der Waals surface area contributed by atoms with E-state index < -0.39 is 0 Å². The molecule has 5 rings (SSSR count). The number of nitrogens with zero attached hydrogens (tertiary/aromatic N) is 2. The van der Waals surface area contributed by atoms with Crippen LogP contribution in [0, 0.1) is 0 Å². The molecule has 1 saturated heterocycles. The van der Waals surface area contributed by atoms with Crippen molar-refractivity contribution in [2.75, 3.05) is 24.8 Å². The Hall–Kier alpha value is -2.96. The number of fused-ring (bicyclic) bond motifs is 1. The van der Waals surface area contributed by atoms with Gasteiger partial charge in [-0.3, -0.25) is 9.89 Å². The molecule has 2 aromatic rings. The van der Waals surface area contributed by atoms with E-state index in [2.05, 4.69) is 26.5 Å². The molecule has 3 aliphatic rings. The molecular weight excluding hydrogens is 356 g/mol. The zero-order chi connectivity index (χ0) is 18.9. The third-order valence-corrected chi connectivity index (χ3v) is 5.59. The number of carbonyl (C=O) groups excluding carboxylic acids is 1. The van der Waals surface area contributed by atoms with Gasteiger partial charge in [0.25, 0.3) is 0 Å². The predicted molar refractivity (Wildman–Crippen MR) is 106 cm³/mol. The van der Waals surface area contributed by atoms with Crippen LogP contribution < -0.4 is 19.7 Å². The molecule has 28 heavy (non-hydrogen) atoms. The van der Waals surface area contributed by atoms with Crippen molar-refractivity contribution in [2.24, 2.45) is 0 Å². The first-order valence-electron chi connectivity index (χ1n) is 9.93. The summed E-state index contributed by atoms with van der Waals surface area (Å²) in [5.41, 5.74) is 2.18. The highest BCUT2D eigenvalue weighted by molar-refractivity contribution is 5.92. The monoisotopic (exact) mass is 380 g/mol. The molecule has 3 heterocycles. The minimum atomic E-state index is -0.0631. The van der Waals surface area contributed by atoms with E-state index >= 15 is 0 Å². The molecule has 1 aromatic heterocycles. The largest absolute Gasteiger partial charge is 0.454 e. The van der Waals surface area contributed by atoms with Gasteiger partial charge in [0.05, 0.1) is 0 Å². The number of hydrogen-bond acceptors (Lipinski definition) is 5. The number of hydrogen-bond donors (Lipinski definition) is 2. The number of amides is 1. The van der Waals surface area contributed by atoms with Gasteiger partial charge in [0.1, 0.15) is 0 Å². The van der Waals surface area contributed by atoms with Gasteiger partial charge in [0.15, 0.2) is 17.3 Å². The van der Waals surface area contributed by atoms with Crippen LogP contribution in [0.1, 0.15) is 42.9 Å². The van der Waals surface area contributed by atoms with Gasteiger partial charge in [-0.05, 0) is 49.5 Å². The van der Waals surface area contributed by atoms with Gasteiger partial charge in [-0.25, -0.2) is 0 Å². The quantitative estimate of drug-likeness (QED) is 0.780. The van der Waals surface area contributed by atoms with Crippen molar-refractivity contribution in [3.8, 4) is 11.5 Å². The van der Waals surface area contributed by atoms with Gasteiger partial charge in [0.2, 0.25) is 12.7 Å². The van der Waals surface area contributed by atoms with Crippen LogP contribution in [-0.4, -0.2) is 42.0 Å². The summed E-state index contributed by atoms with van der Waals surface area (Å²) in [5, 5.41) is 10.7. The fourth-order valence-electron chi connectivity index (χ4n) is 3.78. The third kappa shape index (κ3) is 3.69. The van der Waals surface area contributed by atoms with Crippen molar-refractivity contribution in [1.82, 2.24) is 15.5 Å². The van der Waals surface area contributed by atoms with E-state index in [0.717, 1.165) is 48.8 Å². The fraction of sp³-hybridized carbons (Fsp3) is 0.429. The van der Waals surface area contributed by atoms with Crippen molar-refractivity contribution in [2.45, 2.75) is 37.6 Å². The van der Waals surface area contributed by atoms with Gasteiger partial charge < -0.3 is 19.7 Å². The van der Waals surface area contributed by atoms with Gasteiger partial charge >= 0.3 is 0 Å². The van der Waals surface area contributed by atoms with Gasteiger partial charge in [-0.2, -0.15) is 5.10 Å². The summed E-state index contributed by atoms with van der Waals surface area (Å²) in [7, 11) is 0. The number of benzene rings is 1. The summed E-state index contributed by atoms with van der Waals surface area (Å²) in [4.78, 5) is 14.6. The zero-order valence-electron chi connectivity index (χ0n) is 15.7. The SMILES string of the molecule is O=C(C=Cc1ccc2c(c1)OCO2)NC1CCN(c2cc(C3CC3)[nH]n2)CC1. The van der Waals surface area contributed by atoms with Crippen LogP contribution in [0.15, 0.2) is 30.3 Å². The molecule has 0 unspecified atom stereocenters. The van der Waals surface area contributed by atoms with Crippen LogP contribution in [0.25, 0.3) is 6.08 Å². The molecule has 1 saturated carbocycles. The number of nitrogens with one attached hydrogen (secondary N) is 2. The standard InChI is InChI=1S/C21H24N4O3/c26-21(6-2-14-1-5-18-19(11-14)28-13-27-18)22-16-7-9-25(10-8-16)20-12-17(23-24-20)15-3-4-15/h1-2,5-6,11-12,15-16H,3-4,7-10,13H2,(H,22,26)(H,23,24). The Kier molecular flexibility index (Phi) is 4.43. The maximum Gasteiger partial charge on any atom is 0.244 e. The Morgan fingerprint density at radius 1 is 1.14 bits per heavy atom. The minimum absolute atomic E-state index is 0.0631. The van der Waals surface area contributed by atoms with E-state index in [1.165, 1.54) is 18.5 Å².